The smallest absolute Gasteiger partial charge is 0.196 e. The van der Waals surface area contributed by atoms with Gasteiger partial charge < -0.3 is 14.3 Å². The minimum Gasteiger partial charge on any atom is -0.439 e. The molecule has 2 aromatic rings. The molecule has 92 valence electrons. The molecule has 0 aliphatic carbocycles. The molecule has 0 aromatic carbocycles. The van der Waals surface area contributed by atoms with Gasteiger partial charge in [0.1, 0.15) is 5.69 Å². The summed E-state index contributed by atoms with van der Waals surface area (Å²) in [5.41, 5.74) is 0.949. The molecule has 0 aliphatic rings. The fraction of sp³-hybridized carbons (Fsp3) is 0.500. The number of hydrogen-bond donors (Lipinski definition) is 1. The molecule has 0 aliphatic heterocycles. The molecule has 5 nitrogen and oxygen atoms in total. The van der Waals surface area contributed by atoms with E-state index in [0.717, 1.165) is 43.3 Å². The highest BCUT2D eigenvalue weighted by Crippen LogP contribution is 2.18. The van der Waals surface area contributed by atoms with E-state index in [-0.39, 0.29) is 0 Å². The maximum atomic E-state index is 5.68. The zero-order chi connectivity index (χ0) is 12.1. The predicted octanol–water partition coefficient (Wildman–Crippen LogP) is 1.62. The van der Waals surface area contributed by atoms with E-state index < -0.39 is 0 Å². The summed E-state index contributed by atoms with van der Waals surface area (Å²) in [4.78, 5) is 8.32. The number of hydrogen-bond acceptors (Lipinski definition) is 4. The monoisotopic (exact) mass is 234 g/mol. The molecule has 0 amide bonds. The topological polar surface area (TPSA) is 55.9 Å². The summed E-state index contributed by atoms with van der Waals surface area (Å²) in [5, 5.41) is 3.32. The molecule has 2 aromatic heterocycles. The van der Waals surface area contributed by atoms with Gasteiger partial charge in [-0.15, -0.1) is 0 Å². The van der Waals surface area contributed by atoms with E-state index in [4.69, 9.17) is 4.42 Å². The minimum absolute atomic E-state index is 0.768. The molecule has 0 radical (unpaired) electrons. The van der Waals surface area contributed by atoms with Crippen LogP contribution in [0.3, 0.4) is 0 Å². The Morgan fingerprint density at radius 3 is 2.94 bits per heavy atom. The summed E-state index contributed by atoms with van der Waals surface area (Å²) in [7, 11) is 1.94. The first-order valence-electron chi connectivity index (χ1n) is 5.93. The number of rotatable bonds is 6. The van der Waals surface area contributed by atoms with Crippen molar-refractivity contribution in [3.63, 3.8) is 0 Å². The maximum absolute atomic E-state index is 5.68. The highest BCUT2D eigenvalue weighted by atomic mass is 16.4. The van der Waals surface area contributed by atoms with Crippen molar-refractivity contribution < 1.29 is 4.42 Å². The largest absolute Gasteiger partial charge is 0.439 e. The summed E-state index contributed by atoms with van der Waals surface area (Å²) in [6, 6.07) is 0. The third-order valence-corrected chi connectivity index (χ3v) is 2.57. The molecular formula is C12H18N4O. The van der Waals surface area contributed by atoms with Gasteiger partial charge in [-0.1, -0.05) is 6.92 Å². The van der Waals surface area contributed by atoms with Crippen LogP contribution < -0.4 is 5.32 Å². The lowest BCUT2D eigenvalue weighted by Gasteiger charge is -1.99. The Balaban J connectivity index is 1.95. The van der Waals surface area contributed by atoms with Crippen molar-refractivity contribution in [3.05, 3.63) is 24.6 Å². The lowest BCUT2D eigenvalue weighted by molar-refractivity contribution is 0.492. The van der Waals surface area contributed by atoms with Crippen LogP contribution in [-0.2, 0) is 13.5 Å². The van der Waals surface area contributed by atoms with E-state index in [1.165, 1.54) is 0 Å². The van der Waals surface area contributed by atoms with Gasteiger partial charge in [-0.2, -0.15) is 0 Å². The van der Waals surface area contributed by atoms with Gasteiger partial charge in [0.2, 0.25) is 0 Å². The average molecular weight is 234 g/mol. The Morgan fingerprint density at radius 2 is 2.24 bits per heavy atom. The normalized spacial score (nSPS) is 10.9. The molecule has 0 atom stereocenters. The van der Waals surface area contributed by atoms with Gasteiger partial charge in [-0.25, -0.2) is 9.97 Å². The summed E-state index contributed by atoms with van der Waals surface area (Å²) in [6.45, 7) is 4.09. The highest BCUT2D eigenvalue weighted by Gasteiger charge is 2.08. The van der Waals surface area contributed by atoms with Gasteiger partial charge in [0.15, 0.2) is 11.7 Å². The number of nitrogens with one attached hydrogen (secondary N) is 1. The first kappa shape index (κ1) is 11.9. The van der Waals surface area contributed by atoms with Gasteiger partial charge in [0.25, 0.3) is 0 Å². The van der Waals surface area contributed by atoms with Crippen LogP contribution in [0.25, 0.3) is 11.5 Å². The van der Waals surface area contributed by atoms with Crippen molar-refractivity contribution in [3.8, 4) is 11.5 Å². The molecule has 17 heavy (non-hydrogen) atoms. The quantitative estimate of drug-likeness (QED) is 0.772. The second-order valence-corrected chi connectivity index (χ2v) is 4.01. The van der Waals surface area contributed by atoms with Crippen LogP contribution in [0.15, 0.2) is 23.1 Å². The van der Waals surface area contributed by atoms with Crippen molar-refractivity contribution >= 4 is 0 Å². The fourth-order valence-corrected chi connectivity index (χ4v) is 1.64. The number of aryl methyl sites for hydroxylation is 1. The van der Waals surface area contributed by atoms with E-state index in [0.29, 0.717) is 0 Å². The number of oxazole rings is 1. The number of nitrogens with zero attached hydrogens (tertiary/aromatic N) is 3. The Bertz CT molecular complexity index is 461. The van der Waals surface area contributed by atoms with Gasteiger partial charge in [-0.3, -0.25) is 0 Å². The summed E-state index contributed by atoms with van der Waals surface area (Å²) in [5.74, 6) is 1.54. The summed E-state index contributed by atoms with van der Waals surface area (Å²) in [6.07, 6.45) is 7.25. The summed E-state index contributed by atoms with van der Waals surface area (Å²) < 4.78 is 7.59. The van der Waals surface area contributed by atoms with Crippen molar-refractivity contribution in [2.45, 2.75) is 19.8 Å². The molecule has 0 unspecified atom stereocenters. The lowest BCUT2D eigenvalue weighted by atomic mass is 10.4. The average Bonchev–Trinajstić information content (AvgIpc) is 2.93. The van der Waals surface area contributed by atoms with E-state index in [9.17, 15) is 0 Å². The van der Waals surface area contributed by atoms with Crippen LogP contribution >= 0.6 is 0 Å². The SMILES string of the molecule is CCCNCCc1ncc(-c2cncn2C)o1. The molecular weight excluding hydrogens is 216 g/mol. The molecule has 5 heteroatoms. The van der Waals surface area contributed by atoms with E-state index in [2.05, 4.69) is 22.2 Å². The molecule has 0 spiro atoms. The van der Waals surface area contributed by atoms with E-state index in [1.807, 2.05) is 11.6 Å². The Kier molecular flexibility index (Phi) is 3.93. The van der Waals surface area contributed by atoms with Gasteiger partial charge in [0.05, 0.1) is 18.7 Å². The van der Waals surface area contributed by atoms with Crippen LogP contribution in [0, 0.1) is 0 Å². The fourth-order valence-electron chi connectivity index (χ4n) is 1.64. The van der Waals surface area contributed by atoms with Gasteiger partial charge >= 0.3 is 0 Å². The highest BCUT2D eigenvalue weighted by molar-refractivity contribution is 5.49. The van der Waals surface area contributed by atoms with Crippen LogP contribution in [0.5, 0.6) is 0 Å². The first-order chi connectivity index (χ1) is 8.31. The van der Waals surface area contributed by atoms with Crippen LogP contribution in [0.4, 0.5) is 0 Å². The van der Waals surface area contributed by atoms with E-state index in [1.54, 1.807) is 18.7 Å². The summed E-state index contributed by atoms with van der Waals surface area (Å²) >= 11 is 0. The van der Waals surface area contributed by atoms with Crippen LogP contribution in [0.1, 0.15) is 19.2 Å². The molecule has 0 saturated heterocycles. The van der Waals surface area contributed by atoms with Crippen molar-refractivity contribution in [1.82, 2.24) is 19.9 Å². The first-order valence-corrected chi connectivity index (χ1v) is 5.93. The van der Waals surface area contributed by atoms with E-state index >= 15 is 0 Å². The number of imidazole rings is 1. The van der Waals surface area contributed by atoms with Crippen LogP contribution in [-0.4, -0.2) is 27.6 Å². The minimum atomic E-state index is 0.768. The maximum Gasteiger partial charge on any atom is 0.196 e. The lowest BCUT2D eigenvalue weighted by Crippen LogP contribution is -2.17. The predicted molar refractivity (Wildman–Crippen MR) is 65.6 cm³/mol. The third-order valence-electron chi connectivity index (χ3n) is 2.57. The molecule has 0 fully saturated rings. The second-order valence-electron chi connectivity index (χ2n) is 4.01. The van der Waals surface area contributed by atoms with Crippen molar-refractivity contribution in [2.75, 3.05) is 13.1 Å². The zero-order valence-corrected chi connectivity index (χ0v) is 10.3. The van der Waals surface area contributed by atoms with Crippen molar-refractivity contribution in [2.24, 2.45) is 7.05 Å². The standard InChI is InChI=1S/C12H18N4O/c1-3-5-13-6-4-12-15-8-11(17-12)10-7-14-9-16(10)2/h7-9,13H,3-6H2,1-2H3. The third kappa shape index (κ3) is 2.94. The van der Waals surface area contributed by atoms with Crippen molar-refractivity contribution in [1.29, 1.82) is 0 Å². The molecule has 1 N–H and O–H groups in total. The van der Waals surface area contributed by atoms with Gasteiger partial charge in [-0.05, 0) is 13.0 Å². The molecule has 2 rings (SSSR count). The number of aromatic nitrogens is 3. The van der Waals surface area contributed by atoms with Gasteiger partial charge in [0, 0.05) is 20.0 Å². The molecule has 0 saturated carbocycles. The Hall–Kier alpha value is -1.62. The second kappa shape index (κ2) is 5.63. The Morgan fingerprint density at radius 1 is 1.35 bits per heavy atom. The Labute approximate surface area is 101 Å². The zero-order valence-electron chi connectivity index (χ0n) is 10.3. The molecule has 0 bridgehead atoms. The van der Waals surface area contributed by atoms with Crippen LogP contribution in [0.2, 0.25) is 0 Å². The molecule has 2 heterocycles.